The van der Waals surface area contributed by atoms with Crippen LogP contribution in [-0.4, -0.2) is 15.5 Å². The number of nitrogens with one attached hydrogen (secondary N) is 1. The Bertz CT molecular complexity index is 1380. The monoisotopic (exact) mass is 441 g/mol. The minimum atomic E-state index is -4.69. The van der Waals surface area contributed by atoms with Crippen molar-refractivity contribution >= 4 is 22.6 Å². The number of fused-ring (bicyclic) bond motifs is 1. The van der Waals surface area contributed by atoms with Crippen LogP contribution in [0, 0.1) is 5.82 Å². The van der Waals surface area contributed by atoms with E-state index in [1.807, 2.05) is 0 Å². The zero-order valence-corrected chi connectivity index (χ0v) is 16.4. The van der Waals surface area contributed by atoms with Crippen molar-refractivity contribution in [2.24, 2.45) is 0 Å². The Balaban J connectivity index is 1.81. The molecule has 2 heterocycles. The average molecular weight is 441 g/mol. The van der Waals surface area contributed by atoms with Crippen molar-refractivity contribution in [2.45, 2.75) is 12.7 Å². The van der Waals surface area contributed by atoms with Gasteiger partial charge in [0.15, 0.2) is 0 Å². The van der Waals surface area contributed by atoms with Crippen LogP contribution in [0.1, 0.15) is 21.5 Å². The summed E-state index contributed by atoms with van der Waals surface area (Å²) >= 11 is 0. The van der Waals surface area contributed by atoms with Crippen LogP contribution in [0.15, 0.2) is 77.7 Å². The molecular weight excluding hydrogens is 426 g/mol. The predicted molar refractivity (Wildman–Crippen MR) is 111 cm³/mol. The van der Waals surface area contributed by atoms with Gasteiger partial charge in [0.2, 0.25) is 0 Å². The van der Waals surface area contributed by atoms with E-state index in [1.165, 1.54) is 42.6 Å². The number of benzene rings is 2. The van der Waals surface area contributed by atoms with Gasteiger partial charge >= 0.3 is 6.18 Å². The van der Waals surface area contributed by atoms with Crippen molar-refractivity contribution in [1.82, 2.24) is 9.55 Å². The fraction of sp³-hybridized carbons (Fsp3) is 0.0870. The van der Waals surface area contributed by atoms with E-state index in [0.29, 0.717) is 5.39 Å². The first kappa shape index (κ1) is 21.2. The van der Waals surface area contributed by atoms with Gasteiger partial charge in [0.1, 0.15) is 17.0 Å². The minimum Gasteiger partial charge on any atom is -0.321 e. The summed E-state index contributed by atoms with van der Waals surface area (Å²) in [5, 5.41) is 2.58. The van der Waals surface area contributed by atoms with Crippen LogP contribution in [0.5, 0.6) is 0 Å². The fourth-order valence-electron chi connectivity index (χ4n) is 3.34. The number of anilines is 1. The summed E-state index contributed by atoms with van der Waals surface area (Å²) in [5.41, 5.74) is -2.30. The van der Waals surface area contributed by atoms with Crippen molar-refractivity contribution in [3.8, 4) is 0 Å². The lowest BCUT2D eigenvalue weighted by atomic mass is 10.1. The molecule has 4 rings (SSSR count). The number of hydrogen-bond acceptors (Lipinski definition) is 3. The molecule has 0 aliphatic heterocycles. The molecule has 0 radical (unpaired) electrons. The number of hydrogen-bond donors (Lipinski definition) is 1. The lowest BCUT2D eigenvalue weighted by Gasteiger charge is -2.15. The molecule has 0 bridgehead atoms. The van der Waals surface area contributed by atoms with E-state index in [1.54, 1.807) is 18.2 Å². The number of carbonyl (C=O) groups is 1. The van der Waals surface area contributed by atoms with Gasteiger partial charge in [0.25, 0.3) is 11.5 Å². The van der Waals surface area contributed by atoms with Crippen LogP contribution in [0.3, 0.4) is 0 Å². The largest absolute Gasteiger partial charge is 0.418 e. The van der Waals surface area contributed by atoms with Crippen molar-refractivity contribution in [3.05, 3.63) is 106 Å². The van der Waals surface area contributed by atoms with Gasteiger partial charge in [-0.15, -0.1) is 0 Å². The maximum Gasteiger partial charge on any atom is 0.418 e. The zero-order chi connectivity index (χ0) is 22.9. The molecule has 32 heavy (non-hydrogen) atoms. The van der Waals surface area contributed by atoms with E-state index in [-0.39, 0.29) is 23.3 Å². The summed E-state index contributed by atoms with van der Waals surface area (Å²) in [6, 6.07) is 14.7. The molecule has 0 aliphatic rings. The molecule has 0 atom stereocenters. The Hall–Kier alpha value is -4.01. The topological polar surface area (TPSA) is 64.0 Å². The minimum absolute atomic E-state index is 0.196. The molecule has 4 aromatic rings. The molecule has 0 unspecified atom stereocenters. The van der Waals surface area contributed by atoms with Gasteiger partial charge in [0, 0.05) is 17.1 Å². The lowest BCUT2D eigenvalue weighted by Crippen LogP contribution is -2.30. The molecule has 2 aromatic heterocycles. The van der Waals surface area contributed by atoms with Gasteiger partial charge in [-0.25, -0.2) is 9.37 Å². The number of aromatic nitrogens is 2. The Labute approximate surface area is 179 Å². The number of amides is 1. The second-order valence-corrected chi connectivity index (χ2v) is 6.95. The SMILES string of the molecule is O=C(Nc1ccccc1C(F)(F)F)c1cc2cccnc2n(Cc2ccccc2F)c1=O. The molecule has 0 aliphatic carbocycles. The van der Waals surface area contributed by atoms with E-state index >= 15 is 0 Å². The summed E-state index contributed by atoms with van der Waals surface area (Å²) in [7, 11) is 0. The van der Waals surface area contributed by atoms with Crippen molar-refractivity contribution in [3.63, 3.8) is 0 Å². The third kappa shape index (κ3) is 4.09. The Morgan fingerprint density at radius 2 is 1.72 bits per heavy atom. The number of pyridine rings is 2. The molecule has 2 aromatic carbocycles. The van der Waals surface area contributed by atoms with Crippen LogP contribution in [0.2, 0.25) is 0 Å². The highest BCUT2D eigenvalue weighted by Crippen LogP contribution is 2.34. The highest BCUT2D eigenvalue weighted by molar-refractivity contribution is 6.06. The molecular formula is C23H15F4N3O2. The highest BCUT2D eigenvalue weighted by Gasteiger charge is 2.33. The second-order valence-electron chi connectivity index (χ2n) is 6.95. The van der Waals surface area contributed by atoms with Gasteiger partial charge < -0.3 is 5.32 Å². The molecule has 9 heteroatoms. The summed E-state index contributed by atoms with van der Waals surface area (Å²) in [5.74, 6) is -1.56. The standard InChI is InChI=1S/C23H15F4N3O2/c24-18-9-3-1-6-15(18)13-30-20-14(7-5-11-28-20)12-16(22(30)32)21(31)29-19-10-4-2-8-17(19)23(25,26)27/h1-12H,13H2,(H,29,31). The number of rotatable bonds is 4. The summed E-state index contributed by atoms with van der Waals surface area (Å²) < 4.78 is 55.1. The molecule has 0 saturated carbocycles. The first-order valence-electron chi connectivity index (χ1n) is 9.45. The zero-order valence-electron chi connectivity index (χ0n) is 16.4. The van der Waals surface area contributed by atoms with Crippen LogP contribution in [0.4, 0.5) is 23.2 Å². The van der Waals surface area contributed by atoms with Gasteiger partial charge in [0.05, 0.1) is 17.8 Å². The van der Waals surface area contributed by atoms with E-state index in [0.717, 1.165) is 16.7 Å². The van der Waals surface area contributed by atoms with Crippen molar-refractivity contribution < 1.29 is 22.4 Å². The molecule has 0 fully saturated rings. The number of carbonyl (C=O) groups excluding carboxylic acids is 1. The molecule has 1 N–H and O–H groups in total. The first-order valence-corrected chi connectivity index (χ1v) is 9.45. The van der Waals surface area contributed by atoms with Crippen LogP contribution in [-0.2, 0) is 12.7 Å². The predicted octanol–water partition coefficient (Wildman–Crippen LogP) is 4.86. The summed E-state index contributed by atoms with van der Waals surface area (Å²) in [6.07, 6.45) is -3.25. The van der Waals surface area contributed by atoms with Crippen LogP contribution >= 0.6 is 0 Å². The van der Waals surface area contributed by atoms with Gasteiger partial charge in [-0.05, 0) is 36.4 Å². The molecule has 0 spiro atoms. The van der Waals surface area contributed by atoms with Gasteiger partial charge in [-0.1, -0.05) is 30.3 Å². The third-order valence-corrected chi connectivity index (χ3v) is 4.86. The third-order valence-electron chi connectivity index (χ3n) is 4.86. The van der Waals surface area contributed by atoms with Crippen LogP contribution < -0.4 is 10.9 Å². The van der Waals surface area contributed by atoms with Crippen LogP contribution in [0.25, 0.3) is 11.0 Å². The Morgan fingerprint density at radius 1 is 1.00 bits per heavy atom. The van der Waals surface area contributed by atoms with Crippen molar-refractivity contribution in [1.29, 1.82) is 0 Å². The number of para-hydroxylation sites is 1. The van der Waals surface area contributed by atoms with Crippen molar-refractivity contribution in [2.75, 3.05) is 5.32 Å². The number of halogens is 4. The molecule has 1 amide bonds. The lowest BCUT2D eigenvalue weighted by molar-refractivity contribution is -0.136. The summed E-state index contributed by atoms with van der Waals surface area (Å²) in [6.45, 7) is -0.209. The van der Waals surface area contributed by atoms with E-state index in [4.69, 9.17) is 0 Å². The second kappa shape index (κ2) is 8.26. The maximum atomic E-state index is 14.2. The maximum absolute atomic E-state index is 14.2. The quantitative estimate of drug-likeness (QED) is 0.461. The number of nitrogens with zero attached hydrogens (tertiary/aromatic N) is 2. The van der Waals surface area contributed by atoms with Gasteiger partial charge in [-0.2, -0.15) is 13.2 Å². The van der Waals surface area contributed by atoms with E-state index in [9.17, 15) is 27.2 Å². The number of alkyl halides is 3. The van der Waals surface area contributed by atoms with Gasteiger partial charge in [-0.3, -0.25) is 14.2 Å². The Morgan fingerprint density at radius 3 is 2.47 bits per heavy atom. The Kier molecular flexibility index (Phi) is 5.48. The summed E-state index contributed by atoms with van der Waals surface area (Å²) in [4.78, 5) is 30.1. The smallest absolute Gasteiger partial charge is 0.321 e. The molecule has 0 saturated heterocycles. The normalized spacial score (nSPS) is 11.5. The molecule has 5 nitrogen and oxygen atoms in total. The van der Waals surface area contributed by atoms with E-state index in [2.05, 4.69) is 10.3 Å². The average Bonchev–Trinajstić information content (AvgIpc) is 2.76. The highest BCUT2D eigenvalue weighted by atomic mass is 19.4. The molecule has 162 valence electrons. The first-order chi connectivity index (χ1) is 15.3. The van der Waals surface area contributed by atoms with E-state index < -0.39 is 34.7 Å². The fourth-order valence-corrected chi connectivity index (χ4v) is 3.34.